The van der Waals surface area contributed by atoms with Gasteiger partial charge in [0.15, 0.2) is 6.10 Å². The Morgan fingerprint density at radius 2 is 0.325 bits per heavy atom. The van der Waals surface area contributed by atoms with Gasteiger partial charge in [0, 0.05) is 19.3 Å². The minimum absolute atomic E-state index is 0.0608. The molecule has 0 saturated heterocycles. The Morgan fingerprint density at radius 1 is 0.193 bits per heavy atom. The Kier molecular flexibility index (Phi) is 71.5. The molecule has 0 N–H and O–H groups in total. The van der Waals surface area contributed by atoms with Crippen LogP contribution in [0.5, 0.6) is 0 Å². The summed E-state index contributed by atoms with van der Waals surface area (Å²) in [5, 5.41) is 0. The normalized spacial score (nSPS) is 11.9. The lowest BCUT2D eigenvalue weighted by molar-refractivity contribution is -0.167. The Labute approximate surface area is 520 Å². The molecule has 83 heavy (non-hydrogen) atoms. The van der Waals surface area contributed by atoms with Crippen LogP contribution in [0.4, 0.5) is 0 Å². The molecular weight excluding hydrogens is 1020 g/mol. The smallest absolute Gasteiger partial charge is 0.306 e. The van der Waals surface area contributed by atoms with E-state index in [-0.39, 0.29) is 31.1 Å². The van der Waals surface area contributed by atoms with Gasteiger partial charge in [-0.2, -0.15) is 0 Å². The summed E-state index contributed by atoms with van der Waals surface area (Å²) in [4.78, 5) is 38.3. The Hall–Kier alpha value is -1.59. The second-order valence-electron chi connectivity index (χ2n) is 26.6. The van der Waals surface area contributed by atoms with Crippen LogP contribution < -0.4 is 0 Å². The van der Waals surface area contributed by atoms with Gasteiger partial charge in [0.2, 0.25) is 0 Å². The van der Waals surface area contributed by atoms with Gasteiger partial charge in [-0.05, 0) is 19.3 Å². The van der Waals surface area contributed by atoms with Gasteiger partial charge in [-0.15, -0.1) is 0 Å². The first kappa shape index (κ1) is 81.4. The molecule has 0 fully saturated rings. The Bertz CT molecular complexity index is 1250. The average molecular weight is 1170 g/mol. The van der Waals surface area contributed by atoms with Gasteiger partial charge >= 0.3 is 17.9 Å². The summed E-state index contributed by atoms with van der Waals surface area (Å²) >= 11 is 0. The van der Waals surface area contributed by atoms with Crippen molar-refractivity contribution in [2.75, 3.05) is 13.2 Å². The van der Waals surface area contributed by atoms with Crippen molar-refractivity contribution in [2.24, 2.45) is 0 Å². The third kappa shape index (κ3) is 71.1. The third-order valence-electron chi connectivity index (χ3n) is 18.1. The molecule has 6 heteroatoms. The van der Waals surface area contributed by atoms with E-state index in [0.29, 0.717) is 19.3 Å². The highest BCUT2D eigenvalue weighted by atomic mass is 16.6. The SMILES string of the molecule is CCCCCCCCCCCCCCCCCCCCCCCCCCCCCCCC(=O)OCC(COC(=O)CCCCCCCCCC)OC(=O)CCCCCCCCCCCCCCCCCCCCCCCCCCCCCC. The Balaban J connectivity index is 3.98. The van der Waals surface area contributed by atoms with Gasteiger partial charge in [-0.25, -0.2) is 0 Å². The molecule has 494 valence electrons. The van der Waals surface area contributed by atoms with E-state index < -0.39 is 6.10 Å². The number of hydrogen-bond acceptors (Lipinski definition) is 6. The van der Waals surface area contributed by atoms with E-state index in [4.69, 9.17) is 14.2 Å². The van der Waals surface area contributed by atoms with Crippen molar-refractivity contribution in [3.05, 3.63) is 0 Å². The third-order valence-corrected chi connectivity index (χ3v) is 18.1. The molecule has 0 aromatic heterocycles. The predicted molar refractivity (Wildman–Crippen MR) is 363 cm³/mol. The van der Waals surface area contributed by atoms with Crippen molar-refractivity contribution in [1.82, 2.24) is 0 Å². The maximum Gasteiger partial charge on any atom is 0.306 e. The molecule has 0 aliphatic heterocycles. The van der Waals surface area contributed by atoms with E-state index in [1.54, 1.807) is 0 Å². The second-order valence-corrected chi connectivity index (χ2v) is 26.6. The fourth-order valence-corrected chi connectivity index (χ4v) is 12.3. The number of rotatable bonds is 73. The van der Waals surface area contributed by atoms with Crippen LogP contribution in [0.3, 0.4) is 0 Å². The van der Waals surface area contributed by atoms with Gasteiger partial charge < -0.3 is 14.2 Å². The van der Waals surface area contributed by atoms with Gasteiger partial charge in [-0.3, -0.25) is 14.4 Å². The molecule has 0 saturated carbocycles. The van der Waals surface area contributed by atoms with Gasteiger partial charge in [0.25, 0.3) is 0 Å². The number of ether oxygens (including phenoxy) is 3. The van der Waals surface area contributed by atoms with Gasteiger partial charge in [0.1, 0.15) is 13.2 Å². The monoisotopic (exact) mass is 1170 g/mol. The number of hydrogen-bond donors (Lipinski definition) is 0. The van der Waals surface area contributed by atoms with Crippen molar-refractivity contribution in [3.8, 4) is 0 Å². The zero-order valence-electron chi connectivity index (χ0n) is 57.0. The lowest BCUT2D eigenvalue weighted by atomic mass is 10.0. The first-order valence-corrected chi connectivity index (χ1v) is 38.5. The molecule has 0 radical (unpaired) electrons. The zero-order valence-corrected chi connectivity index (χ0v) is 57.0. The standard InChI is InChI=1S/C77H150O6/c1-4-7-10-13-16-19-21-23-25-27-29-31-33-35-37-39-41-42-44-46-48-50-52-54-56-58-61-64-67-70-76(79)82-73-74(72-81-75(78)69-66-63-60-18-15-12-9-6-3)83-77(80)71-68-65-62-59-57-55-53-51-49-47-45-43-40-38-36-34-32-30-28-26-24-22-20-17-14-11-8-5-2/h74H,4-73H2,1-3H3. The highest BCUT2D eigenvalue weighted by molar-refractivity contribution is 5.71. The van der Waals surface area contributed by atoms with Gasteiger partial charge in [-0.1, -0.05) is 419 Å². The van der Waals surface area contributed by atoms with E-state index in [1.807, 2.05) is 0 Å². The zero-order chi connectivity index (χ0) is 59.9. The second kappa shape index (κ2) is 72.9. The molecule has 6 nitrogen and oxygen atoms in total. The summed E-state index contributed by atoms with van der Waals surface area (Å²) in [6.07, 6.45) is 87.7. The molecule has 0 aliphatic rings. The minimum atomic E-state index is -0.763. The van der Waals surface area contributed by atoms with Crippen LogP contribution >= 0.6 is 0 Å². The van der Waals surface area contributed by atoms with Crippen LogP contribution in [0.25, 0.3) is 0 Å². The van der Waals surface area contributed by atoms with Crippen molar-refractivity contribution in [2.45, 2.75) is 463 Å². The molecular formula is C77H150O6. The number of unbranched alkanes of at least 4 members (excludes halogenated alkanes) is 62. The summed E-state index contributed by atoms with van der Waals surface area (Å²) in [5.41, 5.74) is 0. The molecule has 0 bridgehead atoms. The molecule has 0 spiro atoms. The molecule has 1 atom stereocenters. The predicted octanol–water partition coefficient (Wildman–Crippen LogP) is 26.6. The lowest BCUT2D eigenvalue weighted by Crippen LogP contribution is -2.30. The molecule has 0 rings (SSSR count). The first-order valence-electron chi connectivity index (χ1n) is 38.5. The quantitative estimate of drug-likeness (QED) is 0.0343. The van der Waals surface area contributed by atoms with Crippen molar-refractivity contribution >= 4 is 17.9 Å². The molecule has 0 aromatic carbocycles. The number of carbonyl (C=O) groups excluding carboxylic acids is 3. The lowest BCUT2D eigenvalue weighted by Gasteiger charge is -2.18. The number of carbonyl (C=O) groups is 3. The molecule has 0 amide bonds. The summed E-state index contributed by atoms with van der Waals surface area (Å²) < 4.78 is 17.0. The van der Waals surface area contributed by atoms with E-state index in [9.17, 15) is 14.4 Å². The van der Waals surface area contributed by atoms with E-state index >= 15 is 0 Å². The van der Waals surface area contributed by atoms with Gasteiger partial charge in [0.05, 0.1) is 0 Å². The van der Waals surface area contributed by atoms with Crippen LogP contribution in [0.15, 0.2) is 0 Å². The maximum atomic E-state index is 12.9. The molecule has 0 heterocycles. The van der Waals surface area contributed by atoms with E-state index in [0.717, 1.165) is 57.8 Å². The Morgan fingerprint density at radius 3 is 0.482 bits per heavy atom. The van der Waals surface area contributed by atoms with Crippen LogP contribution in [-0.2, 0) is 28.6 Å². The summed E-state index contributed by atoms with van der Waals surface area (Å²) in [7, 11) is 0. The van der Waals surface area contributed by atoms with Crippen LogP contribution in [-0.4, -0.2) is 37.2 Å². The van der Waals surface area contributed by atoms with Crippen LogP contribution in [0.1, 0.15) is 457 Å². The molecule has 0 aromatic rings. The molecule has 0 aliphatic carbocycles. The summed E-state index contributed by atoms with van der Waals surface area (Å²) in [6, 6.07) is 0. The van der Waals surface area contributed by atoms with E-state index in [1.165, 1.54) is 360 Å². The fraction of sp³-hybridized carbons (Fsp3) is 0.961. The average Bonchev–Trinajstić information content (AvgIpc) is 3.49. The minimum Gasteiger partial charge on any atom is -0.462 e. The largest absolute Gasteiger partial charge is 0.462 e. The summed E-state index contributed by atoms with van der Waals surface area (Å²) in [5.74, 6) is -0.826. The van der Waals surface area contributed by atoms with E-state index in [2.05, 4.69) is 20.8 Å². The van der Waals surface area contributed by atoms with Crippen LogP contribution in [0, 0.1) is 0 Å². The van der Waals surface area contributed by atoms with Crippen molar-refractivity contribution < 1.29 is 28.6 Å². The van der Waals surface area contributed by atoms with Crippen molar-refractivity contribution in [1.29, 1.82) is 0 Å². The van der Waals surface area contributed by atoms with Crippen LogP contribution in [0.2, 0.25) is 0 Å². The van der Waals surface area contributed by atoms with Crippen molar-refractivity contribution in [3.63, 3.8) is 0 Å². The molecule has 1 unspecified atom stereocenters. The highest BCUT2D eigenvalue weighted by Crippen LogP contribution is 2.20. The fourth-order valence-electron chi connectivity index (χ4n) is 12.3. The highest BCUT2D eigenvalue weighted by Gasteiger charge is 2.20. The maximum absolute atomic E-state index is 12.9. The topological polar surface area (TPSA) is 78.9 Å². The number of esters is 3. The summed E-state index contributed by atoms with van der Waals surface area (Å²) in [6.45, 7) is 6.72. The first-order chi connectivity index (χ1) is 41.0.